The molecule has 1 aromatic heterocycles. The zero-order valence-electron chi connectivity index (χ0n) is 13.1. The number of fused-ring (bicyclic) bond motifs is 1. The summed E-state index contributed by atoms with van der Waals surface area (Å²) in [6, 6.07) is 8.28. The van der Waals surface area contributed by atoms with Gasteiger partial charge in [-0.2, -0.15) is 8.78 Å². The molecular weight excluding hydrogens is 338 g/mol. The van der Waals surface area contributed by atoms with Crippen molar-refractivity contribution in [3.8, 4) is 5.75 Å². The normalized spacial score (nSPS) is 15.9. The number of para-hydroxylation sites is 1. The van der Waals surface area contributed by atoms with Crippen LogP contribution in [0.4, 0.5) is 14.5 Å². The van der Waals surface area contributed by atoms with Crippen LogP contribution in [0.15, 0.2) is 30.3 Å². The third-order valence-corrected chi connectivity index (χ3v) is 3.99. The van der Waals surface area contributed by atoms with Crippen LogP contribution >= 0.6 is 11.6 Å². The minimum atomic E-state index is -3.90. The Morgan fingerprint density at radius 2 is 2.08 bits per heavy atom. The van der Waals surface area contributed by atoms with Gasteiger partial charge in [-0.15, -0.1) is 0 Å². The van der Waals surface area contributed by atoms with Crippen LogP contribution < -0.4 is 9.64 Å². The highest BCUT2D eigenvalue weighted by molar-refractivity contribution is 6.29. The molecule has 2 aromatic rings. The lowest BCUT2D eigenvalue weighted by molar-refractivity contribution is -0.193. The number of hydrogen-bond donors (Lipinski definition) is 0. The van der Waals surface area contributed by atoms with Gasteiger partial charge in [0.15, 0.2) is 5.75 Å². The predicted octanol–water partition coefficient (Wildman–Crippen LogP) is 4.12. The molecule has 0 atom stereocenters. The molecule has 24 heavy (non-hydrogen) atoms. The van der Waals surface area contributed by atoms with E-state index < -0.39 is 12.0 Å². The van der Waals surface area contributed by atoms with E-state index in [1.54, 1.807) is 37.3 Å². The van der Waals surface area contributed by atoms with Gasteiger partial charge in [0.25, 0.3) is 0 Å². The minimum absolute atomic E-state index is 0.0406. The van der Waals surface area contributed by atoms with Gasteiger partial charge in [0.1, 0.15) is 5.15 Å². The first-order chi connectivity index (χ1) is 11.3. The molecule has 0 saturated carbocycles. The molecule has 1 aromatic carbocycles. The second-order valence-corrected chi connectivity index (χ2v) is 5.96. The van der Waals surface area contributed by atoms with E-state index in [-0.39, 0.29) is 17.4 Å². The number of alkyl halides is 2. The Balaban J connectivity index is 2.08. The topological polar surface area (TPSA) is 42.4 Å². The summed E-state index contributed by atoms with van der Waals surface area (Å²) < 4.78 is 32.8. The molecule has 0 spiro atoms. The number of pyridine rings is 1. The highest BCUT2D eigenvalue weighted by Crippen LogP contribution is 2.42. The second kappa shape index (κ2) is 6.02. The summed E-state index contributed by atoms with van der Waals surface area (Å²) in [7, 11) is 0. The largest absolute Gasteiger partial charge is 0.483 e. The maximum absolute atomic E-state index is 14.1. The summed E-state index contributed by atoms with van der Waals surface area (Å²) in [5.41, 5.74) is 2.21. The van der Waals surface area contributed by atoms with Crippen LogP contribution in [0.2, 0.25) is 5.15 Å². The van der Waals surface area contributed by atoms with Gasteiger partial charge in [-0.25, -0.2) is 4.98 Å². The molecular formula is C17H15ClF2N2O2. The number of anilines is 1. The fourth-order valence-corrected chi connectivity index (χ4v) is 3.02. The summed E-state index contributed by atoms with van der Waals surface area (Å²) in [5, 5.41) is 0.250. The summed E-state index contributed by atoms with van der Waals surface area (Å²) in [6.07, 6.45) is -3.38. The Morgan fingerprint density at radius 3 is 2.75 bits per heavy atom. The van der Waals surface area contributed by atoms with Gasteiger partial charge in [0, 0.05) is 5.69 Å². The molecule has 0 bridgehead atoms. The average molecular weight is 353 g/mol. The Morgan fingerprint density at radius 1 is 1.33 bits per heavy atom. The van der Waals surface area contributed by atoms with Crippen molar-refractivity contribution in [1.29, 1.82) is 0 Å². The molecule has 126 valence electrons. The second-order valence-electron chi connectivity index (χ2n) is 5.57. The molecule has 0 fully saturated rings. The van der Waals surface area contributed by atoms with Crippen LogP contribution in [0, 0.1) is 6.92 Å². The van der Waals surface area contributed by atoms with Gasteiger partial charge >= 0.3 is 12.0 Å². The standard InChI is InChI=1S/C17H15ClF2N2O2/c1-3-12-5-4-6-13-15(12)24-17(19,20)16(23)22(13)9-11-7-10(2)21-14(18)8-11/h4-8H,3,9H2,1-2H3. The molecule has 3 rings (SSSR count). The quantitative estimate of drug-likeness (QED) is 0.780. The van der Waals surface area contributed by atoms with Crippen LogP contribution in [0.25, 0.3) is 0 Å². The number of rotatable bonds is 3. The number of halogens is 3. The third kappa shape index (κ3) is 2.94. The average Bonchev–Trinajstić information content (AvgIpc) is 2.50. The number of amides is 1. The van der Waals surface area contributed by atoms with Crippen molar-refractivity contribution in [3.05, 3.63) is 52.3 Å². The van der Waals surface area contributed by atoms with E-state index in [2.05, 4.69) is 4.98 Å². The van der Waals surface area contributed by atoms with Crippen molar-refractivity contribution in [1.82, 2.24) is 4.98 Å². The van der Waals surface area contributed by atoms with E-state index in [9.17, 15) is 13.6 Å². The summed E-state index contributed by atoms with van der Waals surface area (Å²) >= 11 is 5.92. The SMILES string of the molecule is CCc1cccc2c1OC(F)(F)C(=O)N2Cc1cc(C)nc(Cl)c1. The molecule has 0 radical (unpaired) electrons. The minimum Gasteiger partial charge on any atom is -0.423 e. The lowest BCUT2D eigenvalue weighted by Gasteiger charge is -2.34. The Bertz CT molecular complexity index is 791. The fraction of sp³-hybridized carbons (Fsp3) is 0.294. The number of aryl methyl sites for hydroxylation is 2. The van der Waals surface area contributed by atoms with E-state index in [0.717, 1.165) is 4.90 Å². The lowest BCUT2D eigenvalue weighted by Crippen LogP contribution is -2.50. The summed E-state index contributed by atoms with van der Waals surface area (Å²) in [5.74, 6) is -1.35. The zero-order chi connectivity index (χ0) is 17.5. The Kier molecular flexibility index (Phi) is 4.17. The first kappa shape index (κ1) is 16.6. The van der Waals surface area contributed by atoms with Crippen molar-refractivity contribution >= 4 is 23.2 Å². The molecule has 1 aliphatic rings. The van der Waals surface area contributed by atoms with Crippen molar-refractivity contribution in [3.63, 3.8) is 0 Å². The monoisotopic (exact) mass is 352 g/mol. The highest BCUT2D eigenvalue weighted by atomic mass is 35.5. The predicted molar refractivity (Wildman–Crippen MR) is 86.6 cm³/mol. The molecule has 0 saturated heterocycles. The van der Waals surface area contributed by atoms with Gasteiger partial charge in [-0.05, 0) is 42.7 Å². The van der Waals surface area contributed by atoms with Crippen LogP contribution in [-0.4, -0.2) is 17.0 Å². The fourth-order valence-electron chi connectivity index (χ4n) is 2.75. The first-order valence-electron chi connectivity index (χ1n) is 7.45. The van der Waals surface area contributed by atoms with Crippen molar-refractivity contribution in [2.45, 2.75) is 32.9 Å². The van der Waals surface area contributed by atoms with Crippen molar-refractivity contribution < 1.29 is 18.3 Å². The summed E-state index contributed by atoms with van der Waals surface area (Å²) in [4.78, 5) is 17.3. The Labute approximate surface area is 143 Å². The van der Waals surface area contributed by atoms with E-state index in [0.29, 0.717) is 28.9 Å². The van der Waals surface area contributed by atoms with E-state index in [1.807, 2.05) is 6.92 Å². The molecule has 0 unspecified atom stereocenters. The molecule has 1 amide bonds. The number of carbonyl (C=O) groups is 1. The number of carbonyl (C=O) groups excluding carboxylic acids is 1. The van der Waals surface area contributed by atoms with Gasteiger partial charge in [0.2, 0.25) is 0 Å². The molecule has 0 aliphatic carbocycles. The highest BCUT2D eigenvalue weighted by Gasteiger charge is 2.51. The van der Waals surface area contributed by atoms with E-state index >= 15 is 0 Å². The zero-order valence-corrected chi connectivity index (χ0v) is 13.9. The Hall–Kier alpha value is -2.21. The molecule has 2 heterocycles. The van der Waals surface area contributed by atoms with Gasteiger partial charge in [-0.1, -0.05) is 30.7 Å². The number of benzene rings is 1. The first-order valence-corrected chi connectivity index (χ1v) is 7.83. The molecule has 4 nitrogen and oxygen atoms in total. The number of hydrogen-bond acceptors (Lipinski definition) is 3. The van der Waals surface area contributed by atoms with Gasteiger partial charge in [0.05, 0.1) is 12.2 Å². The maximum Gasteiger partial charge on any atom is 0.483 e. The van der Waals surface area contributed by atoms with Crippen molar-refractivity contribution in [2.75, 3.05) is 4.90 Å². The van der Waals surface area contributed by atoms with Crippen LogP contribution in [0.5, 0.6) is 5.75 Å². The van der Waals surface area contributed by atoms with Gasteiger partial charge < -0.3 is 4.74 Å². The molecule has 0 N–H and O–H groups in total. The van der Waals surface area contributed by atoms with Gasteiger partial charge in [-0.3, -0.25) is 9.69 Å². The van der Waals surface area contributed by atoms with Crippen molar-refractivity contribution in [2.24, 2.45) is 0 Å². The number of ether oxygens (including phenoxy) is 1. The third-order valence-electron chi connectivity index (χ3n) is 3.79. The van der Waals surface area contributed by atoms with E-state index in [1.165, 1.54) is 0 Å². The van der Waals surface area contributed by atoms with Crippen LogP contribution in [-0.2, 0) is 17.8 Å². The lowest BCUT2D eigenvalue weighted by atomic mass is 10.1. The molecule has 1 aliphatic heterocycles. The smallest absolute Gasteiger partial charge is 0.423 e. The number of nitrogens with zero attached hydrogens (tertiary/aromatic N) is 2. The van der Waals surface area contributed by atoms with Crippen LogP contribution in [0.3, 0.4) is 0 Å². The maximum atomic E-state index is 14.1. The molecule has 7 heteroatoms. The summed E-state index contributed by atoms with van der Waals surface area (Å²) in [6.45, 7) is 3.54. The number of aromatic nitrogens is 1. The van der Waals surface area contributed by atoms with E-state index in [4.69, 9.17) is 16.3 Å². The van der Waals surface area contributed by atoms with Crippen LogP contribution in [0.1, 0.15) is 23.7 Å².